The van der Waals surface area contributed by atoms with Crippen LogP contribution >= 0.6 is 0 Å². The van der Waals surface area contributed by atoms with Crippen molar-refractivity contribution < 1.29 is 9.59 Å². The Morgan fingerprint density at radius 3 is 2.78 bits per heavy atom. The Hall–Kier alpha value is -2.89. The van der Waals surface area contributed by atoms with Gasteiger partial charge in [-0.05, 0) is 23.8 Å². The summed E-state index contributed by atoms with van der Waals surface area (Å²) < 4.78 is 0. The number of carbonyl (C=O) groups excluding carboxylic acids is 2. The molecule has 0 spiro atoms. The van der Waals surface area contributed by atoms with Crippen molar-refractivity contribution in [1.82, 2.24) is 15.6 Å². The average molecular weight is 310 g/mol. The number of benzene rings is 1. The van der Waals surface area contributed by atoms with E-state index in [-0.39, 0.29) is 18.0 Å². The maximum Gasteiger partial charge on any atom is 0.315 e. The van der Waals surface area contributed by atoms with Gasteiger partial charge in [0, 0.05) is 37.6 Å². The molecule has 1 fully saturated rings. The fraction of sp³-hybridized carbons (Fsp3) is 0.235. The summed E-state index contributed by atoms with van der Waals surface area (Å²) in [7, 11) is 0. The zero-order chi connectivity index (χ0) is 16.1. The number of nitrogens with one attached hydrogen (secondary N) is 2. The average Bonchev–Trinajstić information content (AvgIpc) is 2.95. The van der Waals surface area contributed by atoms with Crippen LogP contribution in [0.4, 0.5) is 10.5 Å². The van der Waals surface area contributed by atoms with E-state index < -0.39 is 0 Å². The summed E-state index contributed by atoms with van der Waals surface area (Å²) in [5.41, 5.74) is 1.79. The van der Waals surface area contributed by atoms with E-state index in [0.29, 0.717) is 19.5 Å². The van der Waals surface area contributed by atoms with Crippen LogP contribution in [0.25, 0.3) is 0 Å². The summed E-state index contributed by atoms with van der Waals surface area (Å²) in [6.45, 7) is 0.895. The van der Waals surface area contributed by atoms with Gasteiger partial charge in [-0.1, -0.05) is 24.3 Å². The topological polar surface area (TPSA) is 74.3 Å². The van der Waals surface area contributed by atoms with E-state index in [4.69, 9.17) is 0 Å². The normalized spacial score (nSPS) is 17.1. The highest BCUT2D eigenvalue weighted by Crippen LogP contribution is 2.20. The summed E-state index contributed by atoms with van der Waals surface area (Å²) in [5.74, 6) is 0.0220. The summed E-state index contributed by atoms with van der Waals surface area (Å²) in [4.78, 5) is 29.7. The number of rotatable bonds is 4. The molecule has 2 N–H and O–H groups in total. The smallest absolute Gasteiger partial charge is 0.315 e. The molecule has 1 unspecified atom stereocenters. The van der Waals surface area contributed by atoms with Crippen molar-refractivity contribution in [2.24, 2.45) is 0 Å². The molecular formula is C17H18N4O2. The van der Waals surface area contributed by atoms with Crippen LogP contribution in [-0.2, 0) is 11.3 Å². The van der Waals surface area contributed by atoms with Crippen LogP contribution in [0.2, 0.25) is 0 Å². The van der Waals surface area contributed by atoms with Gasteiger partial charge in [0.15, 0.2) is 0 Å². The molecule has 1 aromatic carbocycles. The van der Waals surface area contributed by atoms with Gasteiger partial charge in [-0.3, -0.25) is 9.78 Å². The number of anilines is 1. The molecule has 1 aliphatic rings. The second-order valence-corrected chi connectivity index (χ2v) is 5.43. The minimum Gasteiger partial charge on any atom is -0.334 e. The van der Waals surface area contributed by atoms with Gasteiger partial charge in [0.2, 0.25) is 5.91 Å². The molecule has 6 heteroatoms. The SMILES string of the molecule is O=C(NCc1cccnc1)NC1CC(=O)N(c2ccccc2)C1. The largest absolute Gasteiger partial charge is 0.334 e. The van der Waals surface area contributed by atoms with E-state index in [0.717, 1.165) is 11.3 Å². The molecule has 2 aromatic rings. The number of hydrogen-bond donors (Lipinski definition) is 2. The zero-order valence-corrected chi connectivity index (χ0v) is 12.6. The van der Waals surface area contributed by atoms with Crippen LogP contribution in [0.1, 0.15) is 12.0 Å². The third-order valence-electron chi connectivity index (χ3n) is 3.70. The lowest BCUT2D eigenvalue weighted by Crippen LogP contribution is -2.43. The zero-order valence-electron chi connectivity index (χ0n) is 12.6. The number of para-hydroxylation sites is 1. The van der Waals surface area contributed by atoms with E-state index in [1.54, 1.807) is 17.3 Å². The van der Waals surface area contributed by atoms with Gasteiger partial charge in [0.1, 0.15) is 0 Å². The van der Waals surface area contributed by atoms with Gasteiger partial charge in [-0.2, -0.15) is 0 Å². The lowest BCUT2D eigenvalue weighted by molar-refractivity contribution is -0.117. The minimum absolute atomic E-state index is 0.0220. The van der Waals surface area contributed by atoms with E-state index in [2.05, 4.69) is 15.6 Å². The molecule has 23 heavy (non-hydrogen) atoms. The van der Waals surface area contributed by atoms with Crippen LogP contribution in [0.5, 0.6) is 0 Å². The maximum absolute atomic E-state index is 12.1. The number of carbonyl (C=O) groups is 2. The van der Waals surface area contributed by atoms with Crippen molar-refractivity contribution in [3.8, 4) is 0 Å². The Bertz CT molecular complexity index is 676. The number of aromatic nitrogens is 1. The van der Waals surface area contributed by atoms with Gasteiger partial charge in [-0.15, -0.1) is 0 Å². The molecule has 0 bridgehead atoms. The molecule has 0 saturated carbocycles. The second-order valence-electron chi connectivity index (χ2n) is 5.43. The lowest BCUT2D eigenvalue weighted by Gasteiger charge is -2.17. The van der Waals surface area contributed by atoms with Crippen molar-refractivity contribution >= 4 is 17.6 Å². The first-order chi connectivity index (χ1) is 11.2. The van der Waals surface area contributed by atoms with Crippen molar-refractivity contribution in [2.45, 2.75) is 19.0 Å². The van der Waals surface area contributed by atoms with Crippen molar-refractivity contribution in [2.75, 3.05) is 11.4 Å². The number of amides is 3. The van der Waals surface area contributed by atoms with E-state index in [1.807, 2.05) is 42.5 Å². The fourth-order valence-electron chi connectivity index (χ4n) is 2.58. The number of pyridine rings is 1. The van der Waals surface area contributed by atoms with Crippen LogP contribution in [0.3, 0.4) is 0 Å². The number of hydrogen-bond acceptors (Lipinski definition) is 3. The molecule has 1 atom stereocenters. The van der Waals surface area contributed by atoms with E-state index in [9.17, 15) is 9.59 Å². The van der Waals surface area contributed by atoms with Gasteiger partial charge >= 0.3 is 6.03 Å². The highest BCUT2D eigenvalue weighted by Gasteiger charge is 2.31. The molecule has 2 heterocycles. The van der Waals surface area contributed by atoms with Crippen molar-refractivity contribution in [3.63, 3.8) is 0 Å². The van der Waals surface area contributed by atoms with E-state index >= 15 is 0 Å². The van der Waals surface area contributed by atoms with Gasteiger partial charge in [-0.25, -0.2) is 4.79 Å². The molecular weight excluding hydrogens is 292 g/mol. The Morgan fingerprint density at radius 2 is 2.04 bits per heavy atom. The lowest BCUT2D eigenvalue weighted by atomic mass is 10.2. The molecule has 6 nitrogen and oxygen atoms in total. The van der Waals surface area contributed by atoms with Gasteiger partial charge < -0.3 is 15.5 Å². The van der Waals surface area contributed by atoms with Crippen LogP contribution < -0.4 is 15.5 Å². The Morgan fingerprint density at radius 1 is 1.22 bits per heavy atom. The number of urea groups is 1. The minimum atomic E-state index is -0.276. The van der Waals surface area contributed by atoms with Crippen LogP contribution in [0.15, 0.2) is 54.9 Å². The third-order valence-corrected chi connectivity index (χ3v) is 3.70. The Kier molecular flexibility index (Phi) is 4.52. The Balaban J connectivity index is 1.51. The summed E-state index contributed by atoms with van der Waals surface area (Å²) >= 11 is 0. The standard InChI is InChI=1S/C17H18N4O2/c22-16-9-14(12-21(16)15-6-2-1-3-7-15)20-17(23)19-11-13-5-4-8-18-10-13/h1-8,10,14H,9,11-12H2,(H2,19,20,23). The first-order valence-electron chi connectivity index (χ1n) is 7.51. The second kappa shape index (κ2) is 6.91. The molecule has 0 aliphatic carbocycles. The monoisotopic (exact) mass is 310 g/mol. The van der Waals surface area contributed by atoms with Crippen molar-refractivity contribution in [1.29, 1.82) is 0 Å². The first-order valence-corrected chi connectivity index (χ1v) is 7.51. The highest BCUT2D eigenvalue weighted by molar-refractivity contribution is 5.96. The maximum atomic E-state index is 12.1. The third kappa shape index (κ3) is 3.85. The molecule has 1 aromatic heterocycles. The Labute approximate surface area is 134 Å². The fourth-order valence-corrected chi connectivity index (χ4v) is 2.58. The molecule has 1 aliphatic heterocycles. The van der Waals surface area contributed by atoms with Gasteiger partial charge in [0.05, 0.1) is 6.04 Å². The highest BCUT2D eigenvalue weighted by atomic mass is 16.2. The molecule has 3 rings (SSSR count). The number of nitrogens with zero attached hydrogens (tertiary/aromatic N) is 2. The first kappa shape index (κ1) is 15.0. The van der Waals surface area contributed by atoms with Crippen LogP contribution in [-0.4, -0.2) is 29.5 Å². The molecule has 3 amide bonds. The summed E-state index contributed by atoms with van der Waals surface area (Å²) in [6, 6.07) is 12.7. The summed E-state index contributed by atoms with van der Waals surface area (Å²) in [5, 5.41) is 5.62. The quantitative estimate of drug-likeness (QED) is 0.902. The van der Waals surface area contributed by atoms with Crippen LogP contribution in [0, 0.1) is 0 Å². The molecule has 118 valence electrons. The summed E-state index contributed by atoms with van der Waals surface area (Å²) in [6.07, 6.45) is 3.71. The van der Waals surface area contributed by atoms with Crippen molar-refractivity contribution in [3.05, 3.63) is 60.4 Å². The molecule has 1 saturated heterocycles. The predicted octanol–water partition coefficient (Wildman–Crippen LogP) is 1.69. The molecule has 0 radical (unpaired) electrons. The van der Waals surface area contributed by atoms with Gasteiger partial charge in [0.25, 0.3) is 0 Å². The van der Waals surface area contributed by atoms with E-state index in [1.165, 1.54) is 0 Å². The predicted molar refractivity (Wildman–Crippen MR) is 86.8 cm³/mol.